The van der Waals surface area contributed by atoms with Gasteiger partial charge in [0.15, 0.2) is 9.84 Å². The van der Waals surface area contributed by atoms with E-state index in [-0.39, 0.29) is 16.6 Å². The molecule has 2 rings (SSSR count). The van der Waals surface area contributed by atoms with Gasteiger partial charge in [-0.05, 0) is 49.7 Å². The summed E-state index contributed by atoms with van der Waals surface area (Å²) in [6.45, 7) is 5.46. The van der Waals surface area contributed by atoms with Gasteiger partial charge >= 0.3 is 0 Å². The van der Waals surface area contributed by atoms with E-state index in [1.54, 1.807) is 25.1 Å². The average molecular weight is 317 g/mol. The summed E-state index contributed by atoms with van der Waals surface area (Å²) in [5.41, 5.74) is 3.18. The molecular weight excluding hydrogens is 298 g/mol. The minimum atomic E-state index is -3.22. The number of carbonyl (C=O) groups is 1. The second kappa shape index (κ2) is 6.32. The highest BCUT2D eigenvalue weighted by Crippen LogP contribution is 2.17. The number of carbonyl (C=O) groups excluding carboxylic acids is 1. The van der Waals surface area contributed by atoms with E-state index in [2.05, 4.69) is 5.32 Å². The van der Waals surface area contributed by atoms with Crippen molar-refractivity contribution >= 4 is 21.4 Å². The van der Waals surface area contributed by atoms with Crippen molar-refractivity contribution in [1.29, 1.82) is 0 Å². The highest BCUT2D eigenvalue weighted by atomic mass is 32.2. The number of anilines is 1. The maximum Gasteiger partial charge on any atom is 0.255 e. The van der Waals surface area contributed by atoms with Gasteiger partial charge in [0.05, 0.1) is 10.6 Å². The van der Waals surface area contributed by atoms with Crippen LogP contribution < -0.4 is 5.32 Å². The Hall–Kier alpha value is -2.14. The van der Waals surface area contributed by atoms with E-state index in [1.807, 2.05) is 26.0 Å². The number of hydrogen-bond acceptors (Lipinski definition) is 3. The summed E-state index contributed by atoms with van der Waals surface area (Å²) >= 11 is 0. The molecule has 0 radical (unpaired) electrons. The van der Waals surface area contributed by atoms with Crippen molar-refractivity contribution in [3.63, 3.8) is 0 Å². The molecule has 0 aliphatic heterocycles. The molecule has 0 spiro atoms. The van der Waals surface area contributed by atoms with Gasteiger partial charge in [0.1, 0.15) is 0 Å². The molecule has 22 heavy (non-hydrogen) atoms. The number of amides is 1. The van der Waals surface area contributed by atoms with Crippen LogP contribution in [0.4, 0.5) is 5.69 Å². The van der Waals surface area contributed by atoms with Crippen LogP contribution in [-0.4, -0.2) is 20.1 Å². The molecule has 0 aromatic heterocycles. The summed E-state index contributed by atoms with van der Waals surface area (Å²) in [6.07, 6.45) is 0. The number of hydrogen-bond donors (Lipinski definition) is 1. The van der Waals surface area contributed by atoms with Crippen LogP contribution in [0.2, 0.25) is 0 Å². The van der Waals surface area contributed by atoms with E-state index in [1.165, 1.54) is 12.1 Å². The molecule has 2 aromatic carbocycles. The predicted octanol–water partition coefficient (Wildman–Crippen LogP) is 3.35. The Labute approximate surface area is 131 Å². The Bertz CT molecular complexity index is 793. The molecule has 0 fully saturated rings. The van der Waals surface area contributed by atoms with Crippen molar-refractivity contribution in [2.24, 2.45) is 0 Å². The predicted molar refractivity (Wildman–Crippen MR) is 88.0 cm³/mol. The zero-order valence-electron chi connectivity index (χ0n) is 12.9. The lowest BCUT2D eigenvalue weighted by Gasteiger charge is -2.09. The Morgan fingerprint density at radius 2 is 1.68 bits per heavy atom. The minimum absolute atomic E-state index is 0.0568. The first-order valence-corrected chi connectivity index (χ1v) is 8.70. The van der Waals surface area contributed by atoms with Gasteiger partial charge in [-0.1, -0.05) is 24.6 Å². The molecule has 4 nitrogen and oxygen atoms in total. The molecule has 1 N–H and O–H groups in total. The van der Waals surface area contributed by atoms with E-state index in [4.69, 9.17) is 0 Å². The molecule has 0 heterocycles. The summed E-state index contributed by atoms with van der Waals surface area (Å²) < 4.78 is 23.5. The monoisotopic (exact) mass is 317 g/mol. The number of nitrogens with one attached hydrogen (secondary N) is 1. The number of rotatable bonds is 4. The van der Waals surface area contributed by atoms with Crippen molar-refractivity contribution in [3.8, 4) is 0 Å². The van der Waals surface area contributed by atoms with Crippen molar-refractivity contribution in [1.82, 2.24) is 0 Å². The van der Waals surface area contributed by atoms with E-state index >= 15 is 0 Å². The van der Waals surface area contributed by atoms with Gasteiger partial charge in [-0.3, -0.25) is 4.79 Å². The van der Waals surface area contributed by atoms with Crippen LogP contribution in [0.5, 0.6) is 0 Å². The van der Waals surface area contributed by atoms with E-state index in [0.29, 0.717) is 11.3 Å². The molecule has 116 valence electrons. The first-order chi connectivity index (χ1) is 10.3. The zero-order valence-corrected chi connectivity index (χ0v) is 13.7. The van der Waals surface area contributed by atoms with E-state index in [9.17, 15) is 13.2 Å². The smallest absolute Gasteiger partial charge is 0.255 e. The molecule has 0 saturated carbocycles. The molecule has 5 heteroatoms. The van der Waals surface area contributed by atoms with Crippen LogP contribution >= 0.6 is 0 Å². The van der Waals surface area contributed by atoms with Gasteiger partial charge in [-0.15, -0.1) is 0 Å². The highest BCUT2D eigenvalue weighted by Gasteiger charge is 2.12. The van der Waals surface area contributed by atoms with Crippen molar-refractivity contribution < 1.29 is 13.2 Å². The number of aryl methyl sites for hydroxylation is 2. The van der Waals surface area contributed by atoms with Gasteiger partial charge in [0.25, 0.3) is 5.91 Å². The second-order valence-electron chi connectivity index (χ2n) is 5.20. The fourth-order valence-corrected chi connectivity index (χ4v) is 3.06. The summed E-state index contributed by atoms with van der Waals surface area (Å²) in [5, 5.41) is 2.78. The summed E-state index contributed by atoms with van der Waals surface area (Å²) in [6, 6.07) is 11.8. The van der Waals surface area contributed by atoms with Crippen LogP contribution in [0.15, 0.2) is 47.4 Å². The average Bonchev–Trinajstić information content (AvgIpc) is 2.47. The topological polar surface area (TPSA) is 63.2 Å². The Balaban J connectivity index is 2.19. The lowest BCUT2D eigenvalue weighted by molar-refractivity contribution is 0.102. The summed E-state index contributed by atoms with van der Waals surface area (Å²) in [5.74, 6) is -0.148. The Morgan fingerprint density at radius 1 is 1.05 bits per heavy atom. The third-order valence-electron chi connectivity index (χ3n) is 3.48. The second-order valence-corrected chi connectivity index (χ2v) is 7.48. The Morgan fingerprint density at radius 3 is 2.23 bits per heavy atom. The molecule has 1 amide bonds. The molecule has 0 aliphatic carbocycles. The maximum atomic E-state index is 12.3. The van der Waals surface area contributed by atoms with Crippen LogP contribution in [-0.2, 0) is 9.84 Å². The van der Waals surface area contributed by atoms with Gasteiger partial charge < -0.3 is 5.32 Å². The van der Waals surface area contributed by atoms with Crippen LogP contribution in [0.3, 0.4) is 0 Å². The minimum Gasteiger partial charge on any atom is -0.322 e. The molecule has 0 atom stereocenters. The first-order valence-electron chi connectivity index (χ1n) is 7.05. The van der Waals surface area contributed by atoms with Gasteiger partial charge in [0.2, 0.25) is 0 Å². The lowest BCUT2D eigenvalue weighted by Crippen LogP contribution is -2.13. The normalized spacial score (nSPS) is 11.2. The highest BCUT2D eigenvalue weighted by molar-refractivity contribution is 7.91. The van der Waals surface area contributed by atoms with Crippen molar-refractivity contribution in [3.05, 3.63) is 59.2 Å². The van der Waals surface area contributed by atoms with Gasteiger partial charge in [-0.2, -0.15) is 0 Å². The Kier molecular flexibility index (Phi) is 4.66. The summed E-state index contributed by atoms with van der Waals surface area (Å²) in [4.78, 5) is 12.5. The molecule has 0 saturated heterocycles. The fraction of sp³-hybridized carbons (Fsp3) is 0.235. The molecular formula is C17H19NO3S. The fourth-order valence-electron chi connectivity index (χ4n) is 2.18. The standard InChI is InChI=1S/C17H19NO3S/c1-4-22(20,21)15-8-6-14(7-9-15)18-17(19)16-10-5-12(2)11-13(16)3/h5-11H,4H2,1-3H3,(H,18,19). The first kappa shape index (κ1) is 16.2. The SMILES string of the molecule is CCS(=O)(=O)c1ccc(NC(=O)c2ccc(C)cc2C)cc1. The third-order valence-corrected chi connectivity index (χ3v) is 5.23. The molecule has 2 aromatic rings. The molecule has 0 aliphatic rings. The van der Waals surface area contributed by atoms with Crippen molar-refractivity contribution in [2.75, 3.05) is 11.1 Å². The zero-order chi connectivity index (χ0) is 16.3. The number of benzene rings is 2. The van der Waals surface area contributed by atoms with Crippen LogP contribution in [0, 0.1) is 13.8 Å². The lowest BCUT2D eigenvalue weighted by atomic mass is 10.1. The van der Waals surface area contributed by atoms with Crippen molar-refractivity contribution in [2.45, 2.75) is 25.7 Å². The van der Waals surface area contributed by atoms with Gasteiger partial charge in [0, 0.05) is 11.3 Å². The quantitative estimate of drug-likeness (QED) is 0.940. The molecule has 0 bridgehead atoms. The number of sulfone groups is 1. The maximum absolute atomic E-state index is 12.3. The van der Waals surface area contributed by atoms with Crippen LogP contribution in [0.25, 0.3) is 0 Å². The summed E-state index contributed by atoms with van der Waals surface area (Å²) in [7, 11) is -3.22. The van der Waals surface area contributed by atoms with Gasteiger partial charge in [-0.25, -0.2) is 8.42 Å². The van der Waals surface area contributed by atoms with Crippen LogP contribution in [0.1, 0.15) is 28.4 Å². The van der Waals surface area contributed by atoms with E-state index in [0.717, 1.165) is 11.1 Å². The van der Waals surface area contributed by atoms with E-state index < -0.39 is 9.84 Å². The molecule has 0 unspecified atom stereocenters. The largest absolute Gasteiger partial charge is 0.322 e. The third kappa shape index (κ3) is 3.54.